The van der Waals surface area contributed by atoms with E-state index in [-0.39, 0.29) is 5.41 Å². The molecular formula is C12H19NO2. The van der Waals surface area contributed by atoms with Crippen molar-refractivity contribution >= 4 is 0 Å². The number of fused-ring (bicyclic) bond motifs is 1. The van der Waals surface area contributed by atoms with Crippen LogP contribution in [0.3, 0.4) is 0 Å². The fourth-order valence-electron chi connectivity index (χ4n) is 1.80. The molecule has 0 saturated heterocycles. The number of ether oxygens (including phenoxy) is 2. The molecule has 15 heavy (non-hydrogen) atoms. The molecule has 0 spiro atoms. The van der Waals surface area contributed by atoms with E-state index in [2.05, 4.69) is 32.3 Å². The highest BCUT2D eigenvalue weighted by Gasteiger charge is 2.29. The Balaban J connectivity index is 2.43. The predicted octanol–water partition coefficient (Wildman–Crippen LogP) is 2.44. The van der Waals surface area contributed by atoms with Crippen molar-refractivity contribution in [1.82, 2.24) is 4.57 Å². The van der Waals surface area contributed by atoms with Crippen LogP contribution < -0.4 is 9.47 Å². The van der Waals surface area contributed by atoms with Crippen LogP contribution in [0, 0.1) is 19.3 Å². The van der Waals surface area contributed by atoms with Crippen molar-refractivity contribution in [3.05, 3.63) is 11.4 Å². The van der Waals surface area contributed by atoms with Gasteiger partial charge in [0.15, 0.2) is 11.5 Å². The van der Waals surface area contributed by atoms with E-state index in [1.54, 1.807) is 0 Å². The van der Waals surface area contributed by atoms with Gasteiger partial charge in [-0.2, -0.15) is 0 Å². The minimum Gasteiger partial charge on any atom is -0.487 e. The van der Waals surface area contributed by atoms with Crippen molar-refractivity contribution in [2.45, 2.75) is 27.7 Å². The van der Waals surface area contributed by atoms with Crippen LogP contribution in [-0.2, 0) is 7.05 Å². The maximum absolute atomic E-state index is 5.85. The third-order valence-corrected chi connectivity index (χ3v) is 3.08. The summed E-state index contributed by atoms with van der Waals surface area (Å²) in [5, 5.41) is 0. The van der Waals surface area contributed by atoms with Gasteiger partial charge in [0.2, 0.25) is 0 Å². The third-order valence-electron chi connectivity index (χ3n) is 3.08. The Morgan fingerprint density at radius 1 is 1.00 bits per heavy atom. The second-order valence-corrected chi connectivity index (χ2v) is 5.13. The quantitative estimate of drug-likeness (QED) is 0.655. The lowest BCUT2D eigenvalue weighted by Crippen LogP contribution is -2.26. The minimum atomic E-state index is 0.0868. The summed E-state index contributed by atoms with van der Waals surface area (Å²) in [7, 11) is 2.04. The van der Waals surface area contributed by atoms with Gasteiger partial charge in [0.05, 0.1) is 24.6 Å². The van der Waals surface area contributed by atoms with Crippen LogP contribution in [-0.4, -0.2) is 17.8 Å². The smallest absolute Gasteiger partial charge is 0.182 e. The Bertz CT molecular complexity index is 357. The summed E-state index contributed by atoms with van der Waals surface area (Å²) < 4.78 is 13.8. The van der Waals surface area contributed by atoms with Gasteiger partial charge in [-0.3, -0.25) is 0 Å². The van der Waals surface area contributed by atoms with Crippen LogP contribution in [0.1, 0.15) is 25.2 Å². The Hall–Kier alpha value is -1.12. The Morgan fingerprint density at radius 2 is 1.40 bits per heavy atom. The van der Waals surface area contributed by atoms with Gasteiger partial charge in [-0.15, -0.1) is 0 Å². The topological polar surface area (TPSA) is 23.4 Å². The van der Waals surface area contributed by atoms with E-state index >= 15 is 0 Å². The second kappa shape index (κ2) is 3.19. The zero-order valence-corrected chi connectivity index (χ0v) is 10.2. The van der Waals surface area contributed by atoms with Gasteiger partial charge < -0.3 is 14.0 Å². The van der Waals surface area contributed by atoms with Gasteiger partial charge in [-0.1, -0.05) is 13.8 Å². The molecule has 2 rings (SSSR count). The molecule has 1 aliphatic rings. The molecule has 1 aliphatic heterocycles. The zero-order chi connectivity index (χ0) is 11.2. The summed E-state index contributed by atoms with van der Waals surface area (Å²) in [4.78, 5) is 0. The molecule has 84 valence electrons. The molecule has 0 aliphatic carbocycles. The normalized spacial score (nSPS) is 18.7. The minimum absolute atomic E-state index is 0.0868. The Morgan fingerprint density at radius 3 is 1.80 bits per heavy atom. The summed E-state index contributed by atoms with van der Waals surface area (Å²) in [6.45, 7) is 9.86. The van der Waals surface area contributed by atoms with Gasteiger partial charge in [-0.05, 0) is 13.8 Å². The van der Waals surface area contributed by atoms with E-state index in [0.717, 1.165) is 22.9 Å². The van der Waals surface area contributed by atoms with Crippen molar-refractivity contribution in [3.63, 3.8) is 0 Å². The molecule has 1 aromatic heterocycles. The van der Waals surface area contributed by atoms with Crippen LogP contribution in [0.15, 0.2) is 0 Å². The van der Waals surface area contributed by atoms with E-state index in [1.165, 1.54) is 0 Å². The lowest BCUT2D eigenvalue weighted by atomic mass is 9.97. The average molecular weight is 209 g/mol. The number of hydrogen-bond donors (Lipinski definition) is 0. The standard InChI is InChI=1S/C12H19NO2/c1-8-10-11(9(2)13(8)5)15-7-12(3,4)6-14-10/h6-7H2,1-5H3. The lowest BCUT2D eigenvalue weighted by molar-refractivity contribution is 0.138. The molecule has 0 amide bonds. The first-order chi connectivity index (χ1) is 6.92. The Kier molecular flexibility index (Phi) is 2.21. The van der Waals surface area contributed by atoms with E-state index in [4.69, 9.17) is 9.47 Å². The van der Waals surface area contributed by atoms with Gasteiger partial charge in [-0.25, -0.2) is 0 Å². The molecule has 0 bridgehead atoms. The highest BCUT2D eigenvalue weighted by molar-refractivity contribution is 5.49. The highest BCUT2D eigenvalue weighted by atomic mass is 16.5. The fourth-order valence-corrected chi connectivity index (χ4v) is 1.80. The highest BCUT2D eigenvalue weighted by Crippen LogP contribution is 2.40. The molecule has 0 saturated carbocycles. The molecule has 0 atom stereocenters. The van der Waals surface area contributed by atoms with Crippen molar-refractivity contribution in [2.24, 2.45) is 12.5 Å². The second-order valence-electron chi connectivity index (χ2n) is 5.13. The maximum atomic E-state index is 5.85. The summed E-state index contributed by atoms with van der Waals surface area (Å²) in [6.07, 6.45) is 0. The zero-order valence-electron chi connectivity index (χ0n) is 10.2. The molecule has 0 aromatic carbocycles. The summed E-state index contributed by atoms with van der Waals surface area (Å²) in [6, 6.07) is 0. The summed E-state index contributed by atoms with van der Waals surface area (Å²) in [5.74, 6) is 1.83. The Labute approximate surface area is 91.0 Å². The molecule has 0 N–H and O–H groups in total. The molecule has 1 aromatic rings. The summed E-state index contributed by atoms with van der Waals surface area (Å²) in [5.41, 5.74) is 2.36. The number of rotatable bonds is 0. The van der Waals surface area contributed by atoms with E-state index in [0.29, 0.717) is 13.2 Å². The van der Waals surface area contributed by atoms with Crippen LogP contribution >= 0.6 is 0 Å². The fraction of sp³-hybridized carbons (Fsp3) is 0.667. The lowest BCUT2D eigenvalue weighted by Gasteiger charge is -2.20. The van der Waals surface area contributed by atoms with Gasteiger partial charge in [0.1, 0.15) is 0 Å². The van der Waals surface area contributed by atoms with Crippen LogP contribution in [0.5, 0.6) is 11.5 Å². The molecule has 3 heteroatoms. The van der Waals surface area contributed by atoms with E-state index in [1.807, 2.05) is 7.05 Å². The van der Waals surface area contributed by atoms with Crippen molar-refractivity contribution in [3.8, 4) is 11.5 Å². The number of aromatic nitrogens is 1. The molecule has 0 unspecified atom stereocenters. The van der Waals surface area contributed by atoms with E-state index in [9.17, 15) is 0 Å². The summed E-state index contributed by atoms with van der Waals surface area (Å²) >= 11 is 0. The largest absolute Gasteiger partial charge is 0.487 e. The van der Waals surface area contributed by atoms with Crippen LogP contribution in [0.2, 0.25) is 0 Å². The van der Waals surface area contributed by atoms with E-state index < -0.39 is 0 Å². The van der Waals surface area contributed by atoms with Crippen molar-refractivity contribution in [1.29, 1.82) is 0 Å². The SMILES string of the molecule is Cc1c2c(c(C)n1C)OCC(C)(C)CO2. The number of nitrogens with zero attached hydrogens (tertiary/aromatic N) is 1. The molecule has 0 fully saturated rings. The average Bonchev–Trinajstić information content (AvgIpc) is 2.34. The van der Waals surface area contributed by atoms with Crippen molar-refractivity contribution < 1.29 is 9.47 Å². The first-order valence-corrected chi connectivity index (χ1v) is 5.34. The van der Waals surface area contributed by atoms with Gasteiger partial charge in [0.25, 0.3) is 0 Å². The van der Waals surface area contributed by atoms with Crippen molar-refractivity contribution in [2.75, 3.05) is 13.2 Å². The predicted molar refractivity (Wildman–Crippen MR) is 59.7 cm³/mol. The first-order valence-electron chi connectivity index (χ1n) is 5.34. The third kappa shape index (κ3) is 1.60. The van der Waals surface area contributed by atoms with Crippen LogP contribution in [0.4, 0.5) is 0 Å². The van der Waals surface area contributed by atoms with Gasteiger partial charge in [0, 0.05) is 12.5 Å². The first kappa shape index (κ1) is 10.4. The molecular weight excluding hydrogens is 190 g/mol. The monoisotopic (exact) mass is 209 g/mol. The number of hydrogen-bond acceptors (Lipinski definition) is 2. The molecule has 2 heterocycles. The van der Waals surface area contributed by atoms with Crippen LogP contribution in [0.25, 0.3) is 0 Å². The van der Waals surface area contributed by atoms with Gasteiger partial charge >= 0.3 is 0 Å². The molecule has 0 radical (unpaired) electrons. The maximum Gasteiger partial charge on any atom is 0.182 e. The molecule has 3 nitrogen and oxygen atoms in total.